The van der Waals surface area contributed by atoms with E-state index in [0.717, 1.165) is 22.1 Å². The van der Waals surface area contributed by atoms with Crippen molar-refractivity contribution in [2.75, 3.05) is 7.11 Å². The molecule has 2 rings (SSSR count). The number of rotatable bonds is 3. The van der Waals surface area contributed by atoms with Crippen molar-refractivity contribution in [3.63, 3.8) is 0 Å². The van der Waals surface area contributed by atoms with Crippen LogP contribution in [-0.2, 0) is 11.3 Å². The largest absolute Gasteiger partial charge is 0.378 e. The summed E-state index contributed by atoms with van der Waals surface area (Å²) in [6, 6.07) is 9.59. The average molecular weight is 237 g/mol. The smallest absolute Gasteiger partial charge is 0.0885 e. The summed E-state index contributed by atoms with van der Waals surface area (Å²) in [5, 5.41) is 5.15. The summed E-state index contributed by atoms with van der Waals surface area (Å²) in [7, 11) is 1.68. The molecule has 0 bridgehead atoms. The van der Waals surface area contributed by atoms with Crippen molar-refractivity contribution in [1.82, 2.24) is 9.78 Å². The average Bonchev–Trinajstić information content (AvgIpc) is 2.61. The Labute approximate surface area is 99.6 Å². The molecule has 1 aromatic heterocycles. The fraction of sp³-hybridized carbons (Fsp3) is 0.250. The quantitative estimate of drug-likeness (QED) is 0.819. The summed E-state index contributed by atoms with van der Waals surface area (Å²) >= 11 is 5.85. The first-order valence-electron chi connectivity index (χ1n) is 5.01. The summed E-state index contributed by atoms with van der Waals surface area (Å²) in [5.74, 6) is 0. The fourth-order valence-electron chi connectivity index (χ4n) is 1.61. The first-order chi connectivity index (χ1) is 7.70. The highest BCUT2D eigenvalue weighted by Gasteiger charge is 2.06. The molecule has 3 nitrogen and oxygen atoms in total. The number of aromatic nitrogens is 2. The van der Waals surface area contributed by atoms with Gasteiger partial charge in [0.1, 0.15) is 0 Å². The lowest BCUT2D eigenvalue weighted by Gasteiger charge is -2.06. The number of methoxy groups -OCH3 is 1. The van der Waals surface area contributed by atoms with E-state index >= 15 is 0 Å². The van der Waals surface area contributed by atoms with Crippen molar-refractivity contribution in [3.05, 3.63) is 46.7 Å². The standard InChI is InChI=1S/C12H13ClN2O/c1-9-7-12(8-16-2)15(14-9)11-5-3-10(13)4-6-11/h3-7H,8H2,1-2H3. The Morgan fingerprint density at radius 2 is 2.00 bits per heavy atom. The zero-order valence-electron chi connectivity index (χ0n) is 9.27. The first-order valence-corrected chi connectivity index (χ1v) is 5.39. The molecule has 0 aliphatic heterocycles. The van der Waals surface area contributed by atoms with Gasteiger partial charge in [0.25, 0.3) is 0 Å². The number of aryl methyl sites for hydroxylation is 1. The zero-order valence-corrected chi connectivity index (χ0v) is 10.0. The molecule has 84 valence electrons. The normalized spacial score (nSPS) is 10.7. The van der Waals surface area contributed by atoms with Crippen LogP contribution < -0.4 is 0 Å². The Kier molecular flexibility index (Phi) is 3.27. The molecule has 0 atom stereocenters. The van der Waals surface area contributed by atoms with Gasteiger partial charge < -0.3 is 4.74 Å². The van der Waals surface area contributed by atoms with Crippen LogP contribution in [0, 0.1) is 6.92 Å². The lowest BCUT2D eigenvalue weighted by atomic mass is 10.3. The van der Waals surface area contributed by atoms with Crippen molar-refractivity contribution in [1.29, 1.82) is 0 Å². The van der Waals surface area contributed by atoms with E-state index in [1.165, 1.54) is 0 Å². The molecule has 0 spiro atoms. The van der Waals surface area contributed by atoms with E-state index in [9.17, 15) is 0 Å². The van der Waals surface area contributed by atoms with Gasteiger partial charge in [0.15, 0.2) is 0 Å². The van der Waals surface area contributed by atoms with Crippen LogP contribution in [0.15, 0.2) is 30.3 Å². The third-order valence-electron chi connectivity index (χ3n) is 2.27. The molecule has 0 aliphatic carbocycles. The highest BCUT2D eigenvalue weighted by molar-refractivity contribution is 6.30. The second-order valence-electron chi connectivity index (χ2n) is 3.60. The molecule has 0 unspecified atom stereocenters. The van der Waals surface area contributed by atoms with Gasteiger partial charge in [0, 0.05) is 12.1 Å². The van der Waals surface area contributed by atoms with Gasteiger partial charge in [-0.2, -0.15) is 5.10 Å². The summed E-state index contributed by atoms with van der Waals surface area (Å²) < 4.78 is 7.01. The second kappa shape index (κ2) is 4.68. The molecule has 1 heterocycles. The molecule has 0 aliphatic rings. The number of halogens is 1. The van der Waals surface area contributed by atoms with Crippen molar-refractivity contribution < 1.29 is 4.74 Å². The minimum atomic E-state index is 0.545. The highest BCUT2D eigenvalue weighted by atomic mass is 35.5. The number of nitrogens with zero attached hydrogens (tertiary/aromatic N) is 2. The van der Waals surface area contributed by atoms with Gasteiger partial charge in [-0.15, -0.1) is 0 Å². The van der Waals surface area contributed by atoms with Gasteiger partial charge in [-0.05, 0) is 37.3 Å². The Bertz CT molecular complexity index is 476. The van der Waals surface area contributed by atoms with E-state index in [-0.39, 0.29) is 0 Å². The van der Waals surface area contributed by atoms with E-state index in [0.29, 0.717) is 6.61 Å². The van der Waals surface area contributed by atoms with Crippen LogP contribution in [0.5, 0.6) is 0 Å². The molecule has 4 heteroatoms. The minimum Gasteiger partial charge on any atom is -0.378 e. The number of benzene rings is 1. The molecule has 0 radical (unpaired) electrons. The van der Waals surface area contributed by atoms with Gasteiger partial charge in [0.2, 0.25) is 0 Å². The van der Waals surface area contributed by atoms with Gasteiger partial charge in [0.05, 0.1) is 23.7 Å². The lowest BCUT2D eigenvalue weighted by molar-refractivity contribution is 0.179. The molecule has 1 aromatic carbocycles. The van der Waals surface area contributed by atoms with E-state index in [1.54, 1.807) is 7.11 Å². The maximum atomic E-state index is 5.85. The zero-order chi connectivity index (χ0) is 11.5. The second-order valence-corrected chi connectivity index (χ2v) is 4.03. The molecule has 0 amide bonds. The third-order valence-corrected chi connectivity index (χ3v) is 2.52. The molecular weight excluding hydrogens is 224 g/mol. The van der Waals surface area contributed by atoms with Crippen molar-refractivity contribution >= 4 is 11.6 Å². The Morgan fingerprint density at radius 1 is 1.31 bits per heavy atom. The van der Waals surface area contributed by atoms with E-state index in [1.807, 2.05) is 41.9 Å². The van der Waals surface area contributed by atoms with Crippen LogP contribution in [-0.4, -0.2) is 16.9 Å². The Morgan fingerprint density at radius 3 is 2.62 bits per heavy atom. The van der Waals surface area contributed by atoms with Gasteiger partial charge >= 0.3 is 0 Å². The maximum Gasteiger partial charge on any atom is 0.0885 e. The Balaban J connectivity index is 2.42. The van der Waals surface area contributed by atoms with E-state index in [4.69, 9.17) is 16.3 Å². The molecule has 16 heavy (non-hydrogen) atoms. The Hall–Kier alpha value is -1.32. The number of ether oxygens (including phenoxy) is 1. The predicted molar refractivity (Wildman–Crippen MR) is 64.0 cm³/mol. The number of hydrogen-bond donors (Lipinski definition) is 0. The predicted octanol–water partition coefficient (Wildman–Crippen LogP) is 2.98. The van der Waals surface area contributed by atoms with E-state index < -0.39 is 0 Å². The molecule has 2 aromatic rings. The summed E-state index contributed by atoms with van der Waals surface area (Å²) in [5.41, 5.74) is 2.99. The van der Waals surface area contributed by atoms with E-state index in [2.05, 4.69) is 5.10 Å². The molecular formula is C12H13ClN2O. The van der Waals surface area contributed by atoms with Crippen LogP contribution in [0.1, 0.15) is 11.4 Å². The number of hydrogen-bond acceptors (Lipinski definition) is 2. The van der Waals surface area contributed by atoms with Crippen LogP contribution in [0.3, 0.4) is 0 Å². The van der Waals surface area contributed by atoms with Gasteiger partial charge in [-0.25, -0.2) is 4.68 Å². The lowest BCUT2D eigenvalue weighted by Crippen LogP contribution is -2.02. The third kappa shape index (κ3) is 2.26. The summed E-state index contributed by atoms with van der Waals surface area (Å²) in [6.07, 6.45) is 0. The van der Waals surface area contributed by atoms with Crippen molar-refractivity contribution in [2.24, 2.45) is 0 Å². The van der Waals surface area contributed by atoms with Crippen molar-refractivity contribution in [2.45, 2.75) is 13.5 Å². The highest BCUT2D eigenvalue weighted by Crippen LogP contribution is 2.16. The summed E-state index contributed by atoms with van der Waals surface area (Å²) in [6.45, 7) is 2.51. The van der Waals surface area contributed by atoms with Crippen molar-refractivity contribution in [3.8, 4) is 5.69 Å². The SMILES string of the molecule is COCc1cc(C)nn1-c1ccc(Cl)cc1. The first kappa shape index (κ1) is 11.2. The fourth-order valence-corrected chi connectivity index (χ4v) is 1.74. The van der Waals surface area contributed by atoms with Crippen LogP contribution in [0.4, 0.5) is 0 Å². The topological polar surface area (TPSA) is 27.1 Å². The molecule has 0 fully saturated rings. The van der Waals surface area contributed by atoms with Crippen LogP contribution in [0.2, 0.25) is 5.02 Å². The summed E-state index contributed by atoms with van der Waals surface area (Å²) in [4.78, 5) is 0. The monoisotopic (exact) mass is 236 g/mol. The molecule has 0 saturated heterocycles. The molecule has 0 saturated carbocycles. The minimum absolute atomic E-state index is 0.545. The van der Waals surface area contributed by atoms with Crippen LogP contribution >= 0.6 is 11.6 Å². The van der Waals surface area contributed by atoms with Crippen LogP contribution in [0.25, 0.3) is 5.69 Å². The van der Waals surface area contributed by atoms with Gasteiger partial charge in [-0.3, -0.25) is 0 Å². The van der Waals surface area contributed by atoms with Gasteiger partial charge in [-0.1, -0.05) is 11.6 Å². The molecule has 0 N–H and O–H groups in total. The maximum absolute atomic E-state index is 5.85.